The summed E-state index contributed by atoms with van der Waals surface area (Å²) in [4.78, 5) is 11.2. The Morgan fingerprint density at radius 1 is 1.31 bits per heavy atom. The molecule has 2 unspecified atom stereocenters. The highest BCUT2D eigenvalue weighted by atomic mass is 16.7. The predicted octanol–water partition coefficient (Wildman–Crippen LogP) is 2.11. The molecule has 88 valence electrons. The molecule has 0 spiro atoms. The molecule has 0 saturated heterocycles. The number of ether oxygens (including phenoxy) is 2. The van der Waals surface area contributed by atoms with E-state index in [9.17, 15) is 4.79 Å². The fourth-order valence-corrected chi connectivity index (χ4v) is 2.82. The van der Waals surface area contributed by atoms with E-state index in [1.807, 2.05) is 13.8 Å². The van der Waals surface area contributed by atoms with Gasteiger partial charge in [0.15, 0.2) is 0 Å². The number of hydrogen-bond donors (Lipinski definition) is 0. The zero-order valence-corrected chi connectivity index (χ0v) is 9.86. The summed E-state index contributed by atoms with van der Waals surface area (Å²) >= 11 is 0. The fraction of sp³-hybridized carbons (Fsp3) is 0.692. The fourth-order valence-electron chi connectivity index (χ4n) is 2.82. The van der Waals surface area contributed by atoms with Gasteiger partial charge in [-0.1, -0.05) is 12.2 Å². The number of allylic oxidation sites excluding steroid dienone is 1. The van der Waals surface area contributed by atoms with Crippen LogP contribution in [0.4, 0.5) is 0 Å². The van der Waals surface area contributed by atoms with E-state index >= 15 is 0 Å². The van der Waals surface area contributed by atoms with Crippen LogP contribution >= 0.6 is 0 Å². The van der Waals surface area contributed by atoms with Gasteiger partial charge in [-0.3, -0.25) is 0 Å². The van der Waals surface area contributed by atoms with Crippen LogP contribution in [0.25, 0.3) is 0 Å². The van der Waals surface area contributed by atoms with Gasteiger partial charge in [0.2, 0.25) is 5.79 Å². The van der Waals surface area contributed by atoms with E-state index in [1.165, 1.54) is 0 Å². The van der Waals surface area contributed by atoms with Gasteiger partial charge in [0.25, 0.3) is 0 Å². The summed E-state index contributed by atoms with van der Waals surface area (Å²) < 4.78 is 11.6. The summed E-state index contributed by atoms with van der Waals surface area (Å²) in [5.74, 6) is 1.55. The Labute approximate surface area is 96.1 Å². The normalized spacial score (nSPS) is 30.5. The van der Waals surface area contributed by atoms with Crippen molar-refractivity contribution in [3.63, 3.8) is 0 Å². The Hall–Kier alpha value is -0.890. The van der Waals surface area contributed by atoms with Gasteiger partial charge < -0.3 is 9.47 Å². The standard InChI is InChI=1S/C13H18O3/c1-3-15-13(16-4-2)11-7-5-10(6-8-11)12(13)9-14/h5,7,10-11H,3-4,6,8H2,1-2H3. The summed E-state index contributed by atoms with van der Waals surface area (Å²) in [5, 5.41) is 0. The van der Waals surface area contributed by atoms with E-state index in [1.54, 1.807) is 0 Å². The first kappa shape index (κ1) is 11.6. The molecule has 0 aliphatic heterocycles. The van der Waals surface area contributed by atoms with E-state index in [2.05, 4.69) is 18.1 Å². The van der Waals surface area contributed by atoms with Crippen molar-refractivity contribution < 1.29 is 14.3 Å². The Kier molecular flexibility index (Phi) is 3.29. The molecule has 0 N–H and O–H groups in total. The zero-order chi connectivity index (χ0) is 11.6. The Morgan fingerprint density at radius 2 is 2.00 bits per heavy atom. The molecule has 2 bridgehead atoms. The van der Waals surface area contributed by atoms with Crippen molar-refractivity contribution in [3.05, 3.63) is 17.7 Å². The van der Waals surface area contributed by atoms with Crippen LogP contribution in [0.2, 0.25) is 0 Å². The van der Waals surface area contributed by atoms with E-state index in [0.717, 1.165) is 12.8 Å². The first-order valence-corrected chi connectivity index (χ1v) is 6.00. The molecule has 3 aliphatic rings. The van der Waals surface area contributed by atoms with Gasteiger partial charge in [0, 0.05) is 25.0 Å². The van der Waals surface area contributed by atoms with Crippen molar-refractivity contribution in [2.24, 2.45) is 11.8 Å². The van der Waals surface area contributed by atoms with E-state index < -0.39 is 5.79 Å². The van der Waals surface area contributed by atoms with Crippen LogP contribution in [-0.2, 0) is 14.3 Å². The molecular formula is C13H18O3. The van der Waals surface area contributed by atoms with Crippen molar-refractivity contribution >= 4 is 5.94 Å². The summed E-state index contributed by atoms with van der Waals surface area (Å²) in [5.41, 5.74) is 0.648. The Bertz CT molecular complexity index is 333. The van der Waals surface area contributed by atoms with E-state index in [4.69, 9.17) is 9.47 Å². The van der Waals surface area contributed by atoms with Gasteiger partial charge in [-0.25, -0.2) is 4.79 Å². The van der Waals surface area contributed by atoms with Crippen molar-refractivity contribution in [1.29, 1.82) is 0 Å². The van der Waals surface area contributed by atoms with E-state index in [-0.39, 0.29) is 11.8 Å². The second-order valence-electron chi connectivity index (χ2n) is 4.22. The largest absolute Gasteiger partial charge is 0.345 e. The molecule has 0 aromatic carbocycles. The van der Waals surface area contributed by atoms with Gasteiger partial charge in [-0.2, -0.15) is 0 Å². The third-order valence-electron chi connectivity index (χ3n) is 3.43. The maximum Gasteiger partial charge on any atom is 0.208 e. The molecule has 3 rings (SSSR count). The maximum absolute atomic E-state index is 11.2. The molecule has 3 nitrogen and oxygen atoms in total. The molecule has 1 saturated carbocycles. The second-order valence-corrected chi connectivity index (χ2v) is 4.22. The van der Waals surface area contributed by atoms with Gasteiger partial charge in [0.1, 0.15) is 5.94 Å². The van der Waals surface area contributed by atoms with Crippen molar-refractivity contribution in [3.8, 4) is 0 Å². The monoisotopic (exact) mass is 222 g/mol. The number of rotatable bonds is 4. The molecule has 3 heteroatoms. The van der Waals surface area contributed by atoms with Crippen LogP contribution < -0.4 is 0 Å². The number of fused-ring (bicyclic) bond motifs is 2. The molecule has 0 radical (unpaired) electrons. The minimum Gasteiger partial charge on any atom is -0.345 e. The highest BCUT2D eigenvalue weighted by molar-refractivity contribution is 5.59. The van der Waals surface area contributed by atoms with Gasteiger partial charge in [0.05, 0.1) is 5.57 Å². The lowest BCUT2D eigenvalue weighted by molar-refractivity contribution is -0.241. The maximum atomic E-state index is 11.2. The van der Waals surface area contributed by atoms with Crippen molar-refractivity contribution in [2.45, 2.75) is 32.5 Å². The summed E-state index contributed by atoms with van der Waals surface area (Å²) in [6.45, 7) is 4.94. The lowest BCUT2D eigenvalue weighted by Gasteiger charge is -2.47. The topological polar surface area (TPSA) is 35.5 Å². The molecule has 2 atom stereocenters. The number of carbonyl (C=O) groups excluding carboxylic acids is 1. The third kappa shape index (κ3) is 1.56. The van der Waals surface area contributed by atoms with Crippen LogP contribution in [0, 0.1) is 11.8 Å². The first-order valence-electron chi connectivity index (χ1n) is 6.00. The minimum atomic E-state index is -0.830. The van der Waals surface area contributed by atoms with Crippen LogP contribution in [0.3, 0.4) is 0 Å². The van der Waals surface area contributed by atoms with Crippen LogP contribution in [0.15, 0.2) is 17.7 Å². The van der Waals surface area contributed by atoms with Crippen LogP contribution in [0.5, 0.6) is 0 Å². The predicted molar refractivity (Wildman–Crippen MR) is 60.5 cm³/mol. The third-order valence-corrected chi connectivity index (χ3v) is 3.43. The summed E-state index contributed by atoms with van der Waals surface area (Å²) in [6.07, 6.45) is 6.24. The van der Waals surface area contributed by atoms with Crippen molar-refractivity contribution in [1.82, 2.24) is 0 Å². The molecule has 0 amide bonds. The lowest BCUT2D eigenvalue weighted by atomic mass is 9.68. The van der Waals surface area contributed by atoms with Gasteiger partial charge in [-0.05, 0) is 26.7 Å². The summed E-state index contributed by atoms with van der Waals surface area (Å²) in [6, 6.07) is 0. The second kappa shape index (κ2) is 4.54. The quantitative estimate of drug-likeness (QED) is 0.415. The highest BCUT2D eigenvalue weighted by Crippen LogP contribution is 2.48. The van der Waals surface area contributed by atoms with Gasteiger partial charge >= 0.3 is 0 Å². The van der Waals surface area contributed by atoms with Crippen LogP contribution in [0.1, 0.15) is 26.7 Å². The van der Waals surface area contributed by atoms with Gasteiger partial charge in [-0.15, -0.1) is 0 Å². The smallest absolute Gasteiger partial charge is 0.208 e. The molecule has 0 aromatic heterocycles. The number of hydrogen-bond acceptors (Lipinski definition) is 3. The average molecular weight is 222 g/mol. The Balaban J connectivity index is 2.41. The molecule has 0 aromatic rings. The minimum absolute atomic E-state index is 0.153. The van der Waals surface area contributed by atoms with Crippen LogP contribution in [-0.4, -0.2) is 24.9 Å². The highest BCUT2D eigenvalue weighted by Gasteiger charge is 2.52. The molecule has 16 heavy (non-hydrogen) atoms. The lowest BCUT2D eigenvalue weighted by Crippen LogP contribution is -2.52. The van der Waals surface area contributed by atoms with Crippen molar-refractivity contribution in [2.75, 3.05) is 13.2 Å². The SMILES string of the molecule is CCOC1(OCC)C(=C=O)C2C=CC1CC2. The zero-order valence-electron chi connectivity index (χ0n) is 9.86. The molecule has 0 heterocycles. The van der Waals surface area contributed by atoms with E-state index in [0.29, 0.717) is 18.8 Å². The average Bonchev–Trinajstić information content (AvgIpc) is 2.31. The first-order chi connectivity index (χ1) is 7.78. The molecule has 3 aliphatic carbocycles. The summed E-state index contributed by atoms with van der Waals surface area (Å²) in [7, 11) is 0. The molecular weight excluding hydrogens is 204 g/mol. The molecule has 1 fully saturated rings. The Morgan fingerprint density at radius 3 is 2.44 bits per heavy atom.